The maximum atomic E-state index is 12.0. The predicted molar refractivity (Wildman–Crippen MR) is 105 cm³/mol. The summed E-state index contributed by atoms with van der Waals surface area (Å²) in [4.78, 5) is 12.0. The van der Waals surface area contributed by atoms with Crippen LogP contribution in [-0.4, -0.2) is 23.3 Å². The van der Waals surface area contributed by atoms with Crippen LogP contribution >= 0.6 is 0 Å². The molecule has 0 aliphatic carbocycles. The van der Waals surface area contributed by atoms with Gasteiger partial charge in [0.05, 0.1) is 6.21 Å². The van der Waals surface area contributed by atoms with Crippen LogP contribution in [-0.2, 0) is 11.8 Å². The summed E-state index contributed by atoms with van der Waals surface area (Å²) < 4.78 is 7.75. The molecule has 0 spiro atoms. The molecule has 3 rings (SSSR count). The van der Waals surface area contributed by atoms with E-state index in [1.807, 2.05) is 58.2 Å². The molecule has 0 fully saturated rings. The van der Waals surface area contributed by atoms with Crippen LogP contribution in [0.5, 0.6) is 5.75 Å². The minimum atomic E-state index is -0.290. The van der Waals surface area contributed by atoms with Gasteiger partial charge in [0.25, 0.3) is 5.91 Å². The van der Waals surface area contributed by atoms with E-state index in [0.717, 1.165) is 39.0 Å². The largest absolute Gasteiger partial charge is 0.483 e. The number of ether oxygens (including phenoxy) is 1. The van der Waals surface area contributed by atoms with E-state index in [9.17, 15) is 4.79 Å². The van der Waals surface area contributed by atoms with E-state index in [2.05, 4.69) is 27.2 Å². The molecule has 5 heteroatoms. The third-order valence-corrected chi connectivity index (χ3v) is 4.59. The van der Waals surface area contributed by atoms with Gasteiger partial charge in [0.15, 0.2) is 6.61 Å². The number of carbonyl (C=O) groups excluding carboxylic acids is 1. The predicted octanol–water partition coefficient (Wildman–Crippen LogP) is 3.63. The van der Waals surface area contributed by atoms with Crippen LogP contribution in [0.4, 0.5) is 0 Å². The standard InChI is InChI=1S/C21H23N3O2/c1-14-8-7-9-15(2)21(14)26-13-20(25)23-22-12-18-16(3)24(4)19-11-6-5-10-17(18)19/h5-12H,13H2,1-4H3,(H,23,25)/b22-12-. The Morgan fingerprint density at radius 1 is 1.12 bits per heavy atom. The third-order valence-electron chi connectivity index (χ3n) is 4.59. The number of hydrogen-bond donors (Lipinski definition) is 1. The summed E-state index contributed by atoms with van der Waals surface area (Å²) in [6.45, 7) is 5.88. The lowest BCUT2D eigenvalue weighted by molar-refractivity contribution is -0.123. The van der Waals surface area contributed by atoms with E-state index in [0.29, 0.717) is 0 Å². The van der Waals surface area contributed by atoms with Gasteiger partial charge in [0, 0.05) is 29.2 Å². The highest BCUT2D eigenvalue weighted by molar-refractivity contribution is 6.01. The van der Waals surface area contributed by atoms with E-state index in [1.54, 1.807) is 6.21 Å². The maximum absolute atomic E-state index is 12.0. The third kappa shape index (κ3) is 3.47. The fourth-order valence-corrected chi connectivity index (χ4v) is 3.08. The van der Waals surface area contributed by atoms with Gasteiger partial charge >= 0.3 is 0 Å². The van der Waals surface area contributed by atoms with Gasteiger partial charge in [-0.1, -0.05) is 36.4 Å². The fourth-order valence-electron chi connectivity index (χ4n) is 3.08. The molecule has 26 heavy (non-hydrogen) atoms. The van der Waals surface area contributed by atoms with Crippen molar-refractivity contribution in [3.63, 3.8) is 0 Å². The first kappa shape index (κ1) is 17.7. The molecule has 1 aromatic heterocycles. The number of aromatic nitrogens is 1. The summed E-state index contributed by atoms with van der Waals surface area (Å²) in [6.07, 6.45) is 1.69. The van der Waals surface area contributed by atoms with Crippen LogP contribution in [0.25, 0.3) is 10.9 Å². The molecule has 0 unspecified atom stereocenters. The van der Waals surface area contributed by atoms with Crippen LogP contribution in [0.1, 0.15) is 22.4 Å². The molecule has 2 aromatic carbocycles. The van der Waals surface area contributed by atoms with Crippen molar-refractivity contribution in [1.29, 1.82) is 0 Å². The van der Waals surface area contributed by atoms with Crippen LogP contribution < -0.4 is 10.2 Å². The van der Waals surface area contributed by atoms with Crippen LogP contribution in [0.15, 0.2) is 47.6 Å². The molecule has 0 saturated carbocycles. The lowest BCUT2D eigenvalue weighted by Gasteiger charge is -2.10. The molecule has 0 aliphatic heterocycles. The van der Waals surface area contributed by atoms with E-state index in [-0.39, 0.29) is 12.5 Å². The number of rotatable bonds is 5. The first-order chi connectivity index (χ1) is 12.5. The highest BCUT2D eigenvalue weighted by atomic mass is 16.5. The summed E-state index contributed by atoms with van der Waals surface area (Å²) in [5.41, 5.74) is 7.78. The average molecular weight is 349 g/mol. The molecule has 0 saturated heterocycles. The molecule has 0 atom stereocenters. The monoisotopic (exact) mass is 349 g/mol. The number of para-hydroxylation sites is 2. The summed E-state index contributed by atoms with van der Waals surface area (Å²) in [6, 6.07) is 14.0. The number of benzene rings is 2. The zero-order valence-corrected chi connectivity index (χ0v) is 15.5. The highest BCUT2D eigenvalue weighted by Crippen LogP contribution is 2.23. The summed E-state index contributed by atoms with van der Waals surface area (Å²) in [7, 11) is 2.02. The Morgan fingerprint density at radius 3 is 2.54 bits per heavy atom. The zero-order chi connectivity index (χ0) is 18.7. The van der Waals surface area contributed by atoms with Gasteiger partial charge in [0.1, 0.15) is 5.75 Å². The number of nitrogens with zero attached hydrogens (tertiary/aromatic N) is 2. The van der Waals surface area contributed by atoms with Gasteiger partial charge in [-0.2, -0.15) is 5.10 Å². The molecular formula is C21H23N3O2. The van der Waals surface area contributed by atoms with E-state index < -0.39 is 0 Å². The fraction of sp³-hybridized carbons (Fsp3) is 0.238. The Labute approximate surface area is 153 Å². The second-order valence-corrected chi connectivity index (χ2v) is 6.38. The van der Waals surface area contributed by atoms with Crippen molar-refractivity contribution in [2.24, 2.45) is 12.1 Å². The second kappa shape index (κ2) is 7.44. The van der Waals surface area contributed by atoms with Gasteiger partial charge in [0.2, 0.25) is 0 Å². The lowest BCUT2D eigenvalue weighted by Crippen LogP contribution is -2.25. The number of hydrazone groups is 1. The maximum Gasteiger partial charge on any atom is 0.277 e. The van der Waals surface area contributed by atoms with Gasteiger partial charge < -0.3 is 9.30 Å². The van der Waals surface area contributed by atoms with Gasteiger partial charge in [-0.3, -0.25) is 4.79 Å². The number of fused-ring (bicyclic) bond motifs is 1. The Morgan fingerprint density at radius 2 is 1.81 bits per heavy atom. The number of amides is 1. The van der Waals surface area contributed by atoms with E-state index in [4.69, 9.17) is 4.74 Å². The number of hydrogen-bond acceptors (Lipinski definition) is 3. The van der Waals surface area contributed by atoms with Crippen molar-refractivity contribution in [3.8, 4) is 5.75 Å². The summed E-state index contributed by atoms with van der Waals surface area (Å²) >= 11 is 0. The Hall–Kier alpha value is -3.08. The minimum Gasteiger partial charge on any atom is -0.483 e. The second-order valence-electron chi connectivity index (χ2n) is 6.38. The number of nitrogens with one attached hydrogen (secondary N) is 1. The van der Waals surface area contributed by atoms with Crippen molar-refractivity contribution >= 4 is 23.0 Å². The molecule has 0 radical (unpaired) electrons. The average Bonchev–Trinajstić information content (AvgIpc) is 2.86. The molecule has 134 valence electrons. The van der Waals surface area contributed by atoms with Crippen molar-refractivity contribution < 1.29 is 9.53 Å². The Bertz CT molecular complexity index is 966. The topological polar surface area (TPSA) is 55.6 Å². The molecular weight excluding hydrogens is 326 g/mol. The number of aryl methyl sites for hydroxylation is 3. The van der Waals surface area contributed by atoms with Crippen molar-refractivity contribution in [2.45, 2.75) is 20.8 Å². The molecule has 3 aromatic rings. The van der Waals surface area contributed by atoms with Crippen molar-refractivity contribution in [1.82, 2.24) is 9.99 Å². The van der Waals surface area contributed by atoms with Crippen molar-refractivity contribution in [2.75, 3.05) is 6.61 Å². The first-order valence-corrected chi connectivity index (χ1v) is 8.54. The van der Waals surface area contributed by atoms with E-state index in [1.165, 1.54) is 0 Å². The minimum absolute atomic E-state index is 0.0719. The van der Waals surface area contributed by atoms with Crippen LogP contribution in [0.2, 0.25) is 0 Å². The van der Waals surface area contributed by atoms with Gasteiger partial charge in [-0.15, -0.1) is 0 Å². The van der Waals surface area contributed by atoms with Crippen molar-refractivity contribution in [3.05, 3.63) is 64.8 Å². The number of carbonyl (C=O) groups is 1. The normalized spacial score (nSPS) is 11.2. The summed E-state index contributed by atoms with van der Waals surface area (Å²) in [5, 5.41) is 5.21. The molecule has 0 aliphatic rings. The molecule has 1 heterocycles. The van der Waals surface area contributed by atoms with Crippen LogP contribution in [0, 0.1) is 20.8 Å². The van der Waals surface area contributed by atoms with Crippen LogP contribution in [0.3, 0.4) is 0 Å². The molecule has 5 nitrogen and oxygen atoms in total. The quantitative estimate of drug-likeness (QED) is 0.565. The van der Waals surface area contributed by atoms with Gasteiger partial charge in [-0.25, -0.2) is 5.43 Å². The Balaban J connectivity index is 1.66. The molecule has 1 amide bonds. The smallest absolute Gasteiger partial charge is 0.277 e. The first-order valence-electron chi connectivity index (χ1n) is 8.54. The van der Waals surface area contributed by atoms with E-state index >= 15 is 0 Å². The summed E-state index contributed by atoms with van der Waals surface area (Å²) in [5.74, 6) is 0.457. The zero-order valence-electron chi connectivity index (χ0n) is 15.5. The highest BCUT2D eigenvalue weighted by Gasteiger charge is 2.10. The van der Waals surface area contributed by atoms with Gasteiger partial charge in [-0.05, 0) is 38.0 Å². The SMILES string of the molecule is Cc1cccc(C)c1OCC(=O)N/N=C\c1c(C)n(C)c2ccccc12. The lowest BCUT2D eigenvalue weighted by atomic mass is 10.1. The Kier molecular flexibility index (Phi) is 5.07. The molecule has 1 N–H and O–H groups in total. The molecule has 0 bridgehead atoms.